The largest absolute Gasteiger partial charge is 0.159 e. The molecule has 0 aliphatic rings. The van der Waals surface area contributed by atoms with Gasteiger partial charge >= 0.3 is 0 Å². The second-order valence-corrected chi connectivity index (χ2v) is 7.04. The quantitative estimate of drug-likeness (QED) is 0.254. The van der Waals surface area contributed by atoms with Crippen LogP contribution in [-0.4, -0.2) is 18.8 Å². The summed E-state index contributed by atoms with van der Waals surface area (Å²) in [6.45, 7) is 11.1. The molecule has 0 heterocycles. The van der Waals surface area contributed by atoms with E-state index in [1.807, 2.05) is 0 Å². The summed E-state index contributed by atoms with van der Waals surface area (Å²) < 4.78 is 0. The zero-order valence-corrected chi connectivity index (χ0v) is 15.1. The highest BCUT2D eigenvalue weighted by molar-refractivity contribution is 7.99. The van der Waals surface area contributed by atoms with Crippen molar-refractivity contribution in [3.63, 3.8) is 0 Å². The molecule has 0 unspecified atom stereocenters. The molecule has 20 heavy (non-hydrogen) atoms. The van der Waals surface area contributed by atoms with Crippen LogP contribution in [0.25, 0.3) is 0 Å². The van der Waals surface area contributed by atoms with E-state index in [2.05, 4.69) is 64.5 Å². The van der Waals surface area contributed by atoms with Crippen LogP contribution in [0.5, 0.6) is 0 Å². The van der Waals surface area contributed by atoms with Crippen molar-refractivity contribution in [1.82, 2.24) is 0 Å². The highest BCUT2D eigenvalue weighted by Gasteiger charge is 1.92. The maximum atomic E-state index is 2.42. The number of hydrogen-bond donors (Lipinski definition) is 0. The van der Waals surface area contributed by atoms with Gasteiger partial charge in [-0.3, -0.25) is 0 Å². The Labute approximate surface area is 132 Å². The zero-order chi connectivity index (χ0) is 15.2. The SMILES string of the molecule is CBCCSC/C=C(\C)CC/C=C(\C)CCC=C(C)C. The van der Waals surface area contributed by atoms with Crippen LogP contribution in [0.3, 0.4) is 0 Å². The van der Waals surface area contributed by atoms with Gasteiger partial charge in [-0.2, -0.15) is 11.8 Å². The highest BCUT2D eigenvalue weighted by atomic mass is 32.2. The third kappa shape index (κ3) is 14.1. The first-order chi connectivity index (χ1) is 9.56. The van der Waals surface area contributed by atoms with Crippen molar-refractivity contribution in [3.05, 3.63) is 34.9 Å². The van der Waals surface area contributed by atoms with Gasteiger partial charge in [0.25, 0.3) is 0 Å². The summed E-state index contributed by atoms with van der Waals surface area (Å²) in [5.41, 5.74) is 4.51. The normalized spacial score (nSPS) is 12.4. The van der Waals surface area contributed by atoms with Crippen LogP contribution < -0.4 is 0 Å². The van der Waals surface area contributed by atoms with Gasteiger partial charge in [-0.25, -0.2) is 0 Å². The molecule has 0 saturated carbocycles. The van der Waals surface area contributed by atoms with Crippen molar-refractivity contribution in [2.24, 2.45) is 0 Å². The molecule has 0 radical (unpaired) electrons. The number of rotatable bonds is 11. The van der Waals surface area contributed by atoms with Gasteiger partial charge in [0, 0.05) is 5.75 Å². The molecule has 0 aromatic rings. The monoisotopic (exact) mass is 292 g/mol. The van der Waals surface area contributed by atoms with E-state index >= 15 is 0 Å². The Balaban J connectivity index is 3.74. The summed E-state index contributed by atoms with van der Waals surface area (Å²) in [7, 11) is 1.31. The molecule has 0 saturated heterocycles. The maximum Gasteiger partial charge on any atom is 0.118 e. The van der Waals surface area contributed by atoms with Crippen LogP contribution in [0.15, 0.2) is 34.9 Å². The van der Waals surface area contributed by atoms with E-state index in [1.165, 1.54) is 61.9 Å². The second kappa shape index (κ2) is 13.6. The van der Waals surface area contributed by atoms with Gasteiger partial charge in [-0.15, -0.1) is 0 Å². The van der Waals surface area contributed by atoms with Crippen molar-refractivity contribution in [3.8, 4) is 0 Å². The summed E-state index contributed by atoms with van der Waals surface area (Å²) in [5, 5.41) is 0. The predicted octanol–water partition coefficient (Wildman–Crippen LogP) is 6.04. The van der Waals surface area contributed by atoms with Crippen LogP contribution in [0.4, 0.5) is 0 Å². The maximum absolute atomic E-state index is 2.42. The van der Waals surface area contributed by atoms with Crippen molar-refractivity contribution in [2.45, 2.75) is 66.5 Å². The molecule has 2 heteroatoms. The molecule has 0 fully saturated rings. The van der Waals surface area contributed by atoms with Crippen molar-refractivity contribution >= 4 is 19.0 Å². The second-order valence-electron chi connectivity index (χ2n) is 5.89. The van der Waals surface area contributed by atoms with E-state index in [4.69, 9.17) is 0 Å². The van der Waals surface area contributed by atoms with Crippen molar-refractivity contribution < 1.29 is 0 Å². The smallest absolute Gasteiger partial charge is 0.118 e. The van der Waals surface area contributed by atoms with E-state index in [-0.39, 0.29) is 0 Å². The topological polar surface area (TPSA) is 0 Å². The molecular formula is C18H33BS. The van der Waals surface area contributed by atoms with Crippen LogP contribution in [0.1, 0.15) is 53.4 Å². The van der Waals surface area contributed by atoms with Crippen molar-refractivity contribution in [1.29, 1.82) is 0 Å². The molecule has 0 atom stereocenters. The van der Waals surface area contributed by atoms with Gasteiger partial charge in [0.05, 0.1) is 0 Å². The van der Waals surface area contributed by atoms with Crippen LogP contribution >= 0.6 is 11.8 Å². The average Bonchev–Trinajstić information content (AvgIpc) is 2.38. The number of thioether (sulfide) groups is 1. The van der Waals surface area contributed by atoms with Crippen LogP contribution in [-0.2, 0) is 0 Å². The van der Waals surface area contributed by atoms with E-state index in [9.17, 15) is 0 Å². The van der Waals surface area contributed by atoms with E-state index in [0.29, 0.717) is 0 Å². The fourth-order valence-electron chi connectivity index (χ4n) is 1.87. The summed E-state index contributed by atoms with van der Waals surface area (Å²) in [6, 6.07) is 0. The first-order valence-corrected chi connectivity index (χ1v) is 9.24. The van der Waals surface area contributed by atoms with Gasteiger partial charge in [0.15, 0.2) is 0 Å². The van der Waals surface area contributed by atoms with Gasteiger partial charge < -0.3 is 0 Å². The molecule has 0 aromatic carbocycles. The molecule has 0 spiro atoms. The van der Waals surface area contributed by atoms with E-state index in [1.54, 1.807) is 5.57 Å². The van der Waals surface area contributed by atoms with Crippen molar-refractivity contribution in [2.75, 3.05) is 11.5 Å². The standard InChI is InChI=1S/C18H33BS/c1-16(2)8-6-9-17(3)10-7-11-18(4)12-14-20-15-13-19-5/h8,10,12,19H,6-7,9,11,13-15H2,1-5H3/b17-10+,18-12+. The third-order valence-electron chi connectivity index (χ3n) is 3.31. The molecule has 0 N–H and O–H groups in total. The number of hydrogen-bond acceptors (Lipinski definition) is 1. The average molecular weight is 292 g/mol. The summed E-state index contributed by atoms with van der Waals surface area (Å²) in [4.78, 5) is 0. The first-order valence-electron chi connectivity index (χ1n) is 8.08. The summed E-state index contributed by atoms with van der Waals surface area (Å²) in [6.07, 6.45) is 13.3. The fraction of sp³-hybridized carbons (Fsp3) is 0.667. The number of allylic oxidation sites excluding steroid dienone is 5. The minimum atomic E-state index is 1.19. The fourth-order valence-corrected chi connectivity index (χ4v) is 2.93. The van der Waals surface area contributed by atoms with E-state index in [0.717, 1.165) is 0 Å². The minimum absolute atomic E-state index is 1.19. The Morgan fingerprint density at radius 3 is 2.10 bits per heavy atom. The summed E-state index contributed by atoms with van der Waals surface area (Å²) >= 11 is 2.06. The van der Waals surface area contributed by atoms with Gasteiger partial charge in [-0.1, -0.05) is 48.1 Å². The molecule has 0 rings (SSSR count). The lowest BCUT2D eigenvalue weighted by atomic mass is 9.79. The Bertz CT molecular complexity index is 322. The molecule has 0 aromatic heterocycles. The molecule has 0 nitrogen and oxygen atoms in total. The molecule has 0 aliphatic heterocycles. The molecule has 0 aliphatic carbocycles. The lowest BCUT2D eigenvalue weighted by Crippen LogP contribution is -1.86. The molecular weight excluding hydrogens is 259 g/mol. The molecule has 114 valence electrons. The summed E-state index contributed by atoms with van der Waals surface area (Å²) in [5.74, 6) is 2.50. The van der Waals surface area contributed by atoms with Gasteiger partial charge in [-0.05, 0) is 59.1 Å². The minimum Gasteiger partial charge on any atom is -0.159 e. The van der Waals surface area contributed by atoms with Gasteiger partial charge in [0.1, 0.15) is 7.28 Å². The molecule has 0 amide bonds. The highest BCUT2D eigenvalue weighted by Crippen LogP contribution is 2.12. The van der Waals surface area contributed by atoms with Crippen LogP contribution in [0, 0.1) is 0 Å². The lowest BCUT2D eigenvalue weighted by molar-refractivity contribution is 0.917. The molecule has 0 bridgehead atoms. The first kappa shape index (κ1) is 19.6. The third-order valence-corrected chi connectivity index (χ3v) is 4.29. The van der Waals surface area contributed by atoms with E-state index < -0.39 is 0 Å². The Morgan fingerprint density at radius 2 is 1.50 bits per heavy atom. The Kier molecular flexibility index (Phi) is 13.4. The van der Waals surface area contributed by atoms with Gasteiger partial charge in [0.2, 0.25) is 0 Å². The van der Waals surface area contributed by atoms with Crippen LogP contribution in [0.2, 0.25) is 13.1 Å². The lowest BCUT2D eigenvalue weighted by Gasteiger charge is -2.02. The Hall–Kier alpha value is -0.365. The Morgan fingerprint density at radius 1 is 0.900 bits per heavy atom. The predicted molar refractivity (Wildman–Crippen MR) is 101 cm³/mol. The zero-order valence-electron chi connectivity index (χ0n) is 14.3.